The van der Waals surface area contributed by atoms with Crippen LogP contribution in [0.5, 0.6) is 5.88 Å². The fourth-order valence-electron chi connectivity index (χ4n) is 1.44. The molecule has 1 aromatic heterocycles. The van der Waals surface area contributed by atoms with E-state index in [0.29, 0.717) is 24.4 Å². The van der Waals surface area contributed by atoms with Gasteiger partial charge in [-0.2, -0.15) is 4.98 Å². The van der Waals surface area contributed by atoms with E-state index in [1.807, 2.05) is 0 Å². The van der Waals surface area contributed by atoms with Crippen LogP contribution in [0, 0.1) is 5.92 Å². The minimum Gasteiger partial charge on any atom is -0.478 e. The summed E-state index contributed by atoms with van der Waals surface area (Å²) in [5, 5.41) is 3.20. The number of hydrogen-bond acceptors (Lipinski definition) is 4. The van der Waals surface area contributed by atoms with Crippen molar-refractivity contribution in [2.45, 2.75) is 33.1 Å². The summed E-state index contributed by atoms with van der Waals surface area (Å²) in [4.78, 5) is 8.43. The molecule has 0 saturated carbocycles. The Kier molecular flexibility index (Phi) is 7.49. The summed E-state index contributed by atoms with van der Waals surface area (Å²) in [6.07, 6.45) is 4.87. The quantitative estimate of drug-likeness (QED) is 0.553. The van der Waals surface area contributed by atoms with E-state index in [1.54, 1.807) is 12.3 Å². The molecule has 0 fully saturated rings. The Labute approximate surface area is 114 Å². The van der Waals surface area contributed by atoms with Crippen molar-refractivity contribution in [3.63, 3.8) is 0 Å². The monoisotopic (exact) mass is 271 g/mol. The second-order valence-corrected chi connectivity index (χ2v) is 4.70. The van der Waals surface area contributed by atoms with Gasteiger partial charge in [0.25, 0.3) is 0 Å². The largest absolute Gasteiger partial charge is 0.478 e. The highest BCUT2D eigenvalue weighted by Gasteiger charge is 2.01. The van der Waals surface area contributed by atoms with Gasteiger partial charge in [-0.05, 0) is 25.2 Å². The van der Waals surface area contributed by atoms with E-state index in [4.69, 9.17) is 16.3 Å². The van der Waals surface area contributed by atoms with Crippen molar-refractivity contribution in [2.75, 3.05) is 24.3 Å². The third kappa shape index (κ3) is 6.05. The van der Waals surface area contributed by atoms with Crippen LogP contribution in [0.25, 0.3) is 0 Å². The number of hydrogen-bond donors (Lipinski definition) is 1. The molecule has 0 saturated heterocycles. The molecule has 0 radical (unpaired) electrons. The predicted octanol–water partition coefficient (Wildman–Crippen LogP) is 3.33. The third-order valence-corrected chi connectivity index (χ3v) is 3.03. The summed E-state index contributed by atoms with van der Waals surface area (Å²) in [6, 6.07) is 1.77. The molecule has 102 valence electrons. The molecule has 1 N–H and O–H groups in total. The maximum atomic E-state index is 5.76. The molecule has 4 nitrogen and oxygen atoms in total. The van der Waals surface area contributed by atoms with E-state index < -0.39 is 0 Å². The van der Waals surface area contributed by atoms with Crippen LogP contribution >= 0.6 is 11.6 Å². The zero-order valence-corrected chi connectivity index (χ0v) is 11.9. The Morgan fingerprint density at radius 3 is 3.06 bits per heavy atom. The van der Waals surface area contributed by atoms with E-state index in [0.717, 1.165) is 31.7 Å². The van der Waals surface area contributed by atoms with Gasteiger partial charge in [-0.1, -0.05) is 13.8 Å². The van der Waals surface area contributed by atoms with Crippen LogP contribution < -0.4 is 10.1 Å². The number of alkyl halides is 1. The van der Waals surface area contributed by atoms with E-state index >= 15 is 0 Å². The first-order valence-corrected chi connectivity index (χ1v) is 7.05. The molecule has 18 heavy (non-hydrogen) atoms. The van der Waals surface area contributed by atoms with Crippen molar-refractivity contribution in [2.24, 2.45) is 5.92 Å². The second-order valence-electron chi connectivity index (χ2n) is 4.40. The van der Waals surface area contributed by atoms with Crippen molar-refractivity contribution >= 4 is 17.5 Å². The maximum Gasteiger partial charge on any atom is 0.225 e. The van der Waals surface area contributed by atoms with Gasteiger partial charge in [0, 0.05) is 24.7 Å². The third-order valence-electron chi connectivity index (χ3n) is 2.50. The fourth-order valence-corrected chi connectivity index (χ4v) is 1.60. The lowest BCUT2D eigenvalue weighted by atomic mass is 10.1. The first-order chi connectivity index (χ1) is 8.76. The standard InChI is InChI=1S/C13H22ClN3O/c1-3-9-18-12-6-8-16-13(17-12)15-7-4-5-11(2)10-14/h6,8,11H,3-5,7,9-10H2,1-2H3,(H,15,16,17). The van der Waals surface area contributed by atoms with Crippen LogP contribution in [0.3, 0.4) is 0 Å². The van der Waals surface area contributed by atoms with Gasteiger partial charge in [0.15, 0.2) is 0 Å². The van der Waals surface area contributed by atoms with Crippen molar-refractivity contribution in [3.05, 3.63) is 12.3 Å². The smallest absolute Gasteiger partial charge is 0.225 e. The van der Waals surface area contributed by atoms with E-state index in [1.165, 1.54) is 0 Å². The van der Waals surface area contributed by atoms with Gasteiger partial charge in [0.2, 0.25) is 11.8 Å². The van der Waals surface area contributed by atoms with E-state index in [2.05, 4.69) is 29.1 Å². The summed E-state index contributed by atoms with van der Waals surface area (Å²) >= 11 is 5.76. The van der Waals surface area contributed by atoms with Gasteiger partial charge >= 0.3 is 0 Å². The van der Waals surface area contributed by atoms with Gasteiger partial charge in [-0.25, -0.2) is 4.98 Å². The van der Waals surface area contributed by atoms with Gasteiger partial charge < -0.3 is 10.1 Å². The fraction of sp³-hybridized carbons (Fsp3) is 0.692. The van der Waals surface area contributed by atoms with Crippen LogP contribution in [-0.4, -0.2) is 29.0 Å². The molecule has 1 rings (SSSR count). The van der Waals surface area contributed by atoms with Crippen LogP contribution in [0.4, 0.5) is 5.95 Å². The number of aromatic nitrogens is 2. The topological polar surface area (TPSA) is 47.0 Å². The minimum absolute atomic E-state index is 0.564. The van der Waals surface area contributed by atoms with E-state index in [9.17, 15) is 0 Å². The molecule has 1 heterocycles. The molecule has 0 aromatic carbocycles. The van der Waals surface area contributed by atoms with Crippen molar-refractivity contribution < 1.29 is 4.74 Å². The Balaban J connectivity index is 2.29. The molecule has 0 bridgehead atoms. The normalized spacial score (nSPS) is 12.2. The highest BCUT2D eigenvalue weighted by molar-refractivity contribution is 6.18. The Hall–Kier alpha value is -1.03. The molecule has 0 aliphatic carbocycles. The molecule has 1 atom stereocenters. The number of anilines is 1. The molecule has 0 spiro atoms. The van der Waals surface area contributed by atoms with E-state index in [-0.39, 0.29) is 0 Å². The van der Waals surface area contributed by atoms with Gasteiger partial charge in [0.05, 0.1) is 6.61 Å². The highest BCUT2D eigenvalue weighted by atomic mass is 35.5. The Morgan fingerprint density at radius 1 is 1.50 bits per heavy atom. The van der Waals surface area contributed by atoms with Crippen molar-refractivity contribution in [1.82, 2.24) is 9.97 Å². The number of nitrogens with one attached hydrogen (secondary N) is 1. The van der Waals surface area contributed by atoms with Crippen LogP contribution in [0.2, 0.25) is 0 Å². The average Bonchev–Trinajstić information content (AvgIpc) is 2.41. The van der Waals surface area contributed by atoms with Gasteiger partial charge in [-0.3, -0.25) is 0 Å². The number of ether oxygens (including phenoxy) is 1. The number of rotatable bonds is 9. The molecular weight excluding hydrogens is 250 g/mol. The summed E-state index contributed by atoms with van der Waals surface area (Å²) in [5.74, 6) is 2.54. The van der Waals surface area contributed by atoms with Crippen LogP contribution in [0.1, 0.15) is 33.1 Å². The van der Waals surface area contributed by atoms with Crippen molar-refractivity contribution in [1.29, 1.82) is 0 Å². The average molecular weight is 272 g/mol. The number of halogens is 1. The lowest BCUT2D eigenvalue weighted by Crippen LogP contribution is -2.08. The van der Waals surface area contributed by atoms with Gasteiger partial charge in [0.1, 0.15) is 0 Å². The summed E-state index contributed by atoms with van der Waals surface area (Å²) in [6.45, 7) is 5.77. The summed E-state index contributed by atoms with van der Waals surface area (Å²) < 4.78 is 5.45. The molecule has 0 aliphatic heterocycles. The molecular formula is C13H22ClN3O. The van der Waals surface area contributed by atoms with Crippen LogP contribution in [0.15, 0.2) is 12.3 Å². The number of nitrogens with zero attached hydrogens (tertiary/aromatic N) is 2. The van der Waals surface area contributed by atoms with Crippen molar-refractivity contribution in [3.8, 4) is 5.88 Å². The Bertz CT molecular complexity index is 336. The molecule has 1 unspecified atom stereocenters. The first kappa shape index (κ1) is 15.0. The van der Waals surface area contributed by atoms with Gasteiger partial charge in [-0.15, -0.1) is 11.6 Å². The predicted molar refractivity (Wildman–Crippen MR) is 75.4 cm³/mol. The summed E-state index contributed by atoms with van der Waals surface area (Å²) in [5.41, 5.74) is 0. The second kappa shape index (κ2) is 8.97. The molecule has 1 aromatic rings. The zero-order valence-electron chi connectivity index (χ0n) is 11.2. The van der Waals surface area contributed by atoms with Crippen LogP contribution in [-0.2, 0) is 0 Å². The zero-order chi connectivity index (χ0) is 13.2. The summed E-state index contributed by atoms with van der Waals surface area (Å²) in [7, 11) is 0. The minimum atomic E-state index is 0.564. The maximum absolute atomic E-state index is 5.76. The molecule has 0 aliphatic rings. The lowest BCUT2D eigenvalue weighted by Gasteiger charge is -2.09. The SMILES string of the molecule is CCCOc1ccnc(NCCCC(C)CCl)n1. The lowest BCUT2D eigenvalue weighted by molar-refractivity contribution is 0.305. The first-order valence-electron chi connectivity index (χ1n) is 6.52. The highest BCUT2D eigenvalue weighted by Crippen LogP contribution is 2.10. The molecule has 0 amide bonds. The Morgan fingerprint density at radius 2 is 2.33 bits per heavy atom. The molecule has 5 heteroatoms.